The van der Waals surface area contributed by atoms with E-state index in [-0.39, 0.29) is 5.92 Å². The largest absolute Gasteiger partial charge is 0.382 e. The summed E-state index contributed by atoms with van der Waals surface area (Å²) in [4.78, 5) is 10.4. The number of aldehydes is 1. The maximum atomic E-state index is 10.4. The molecule has 1 aliphatic heterocycles. The summed E-state index contributed by atoms with van der Waals surface area (Å²) in [5, 5.41) is 9.50. The average molecular weight is 158 g/mol. The highest BCUT2D eigenvalue weighted by Gasteiger charge is 2.32. The van der Waals surface area contributed by atoms with Crippen molar-refractivity contribution in [3.05, 3.63) is 0 Å². The molecule has 0 aromatic carbocycles. The fraction of sp³-hybridized carbons (Fsp3) is 0.875. The van der Waals surface area contributed by atoms with Gasteiger partial charge in [-0.2, -0.15) is 0 Å². The Morgan fingerprint density at radius 1 is 1.73 bits per heavy atom. The zero-order chi connectivity index (χ0) is 8.32. The van der Waals surface area contributed by atoms with Crippen molar-refractivity contribution in [2.45, 2.75) is 25.4 Å². The number of ether oxygens (including phenoxy) is 1. The highest BCUT2D eigenvalue weighted by molar-refractivity contribution is 5.61. The fourth-order valence-corrected chi connectivity index (χ4v) is 1.30. The summed E-state index contributed by atoms with van der Waals surface area (Å²) in [6, 6.07) is 0. The van der Waals surface area contributed by atoms with E-state index in [2.05, 4.69) is 0 Å². The lowest BCUT2D eigenvalue weighted by molar-refractivity contribution is -0.133. The maximum Gasteiger partial charge on any atom is 0.151 e. The molecule has 1 heterocycles. The van der Waals surface area contributed by atoms with Crippen molar-refractivity contribution >= 4 is 6.29 Å². The third-order valence-electron chi connectivity index (χ3n) is 2.23. The molecule has 3 nitrogen and oxygen atoms in total. The highest BCUT2D eigenvalue weighted by atomic mass is 16.5. The molecule has 0 bridgehead atoms. The Kier molecular flexibility index (Phi) is 2.62. The van der Waals surface area contributed by atoms with Gasteiger partial charge in [0.05, 0.1) is 6.61 Å². The molecule has 1 rings (SSSR count). The lowest BCUT2D eigenvalue weighted by Crippen LogP contribution is -2.40. The second kappa shape index (κ2) is 3.32. The van der Waals surface area contributed by atoms with E-state index >= 15 is 0 Å². The molecule has 0 aliphatic carbocycles. The zero-order valence-corrected chi connectivity index (χ0v) is 6.75. The molecule has 0 aromatic heterocycles. The molecule has 2 atom stereocenters. The Balaban J connectivity index is 2.50. The van der Waals surface area contributed by atoms with E-state index in [0.29, 0.717) is 12.9 Å². The first-order chi connectivity index (χ1) is 5.17. The summed E-state index contributed by atoms with van der Waals surface area (Å²) >= 11 is 0. The lowest BCUT2D eigenvalue weighted by Gasteiger charge is -2.30. The molecule has 1 fully saturated rings. The SMILES string of the molecule is CC(O)(C=O)C1CCCOC1. The zero-order valence-electron chi connectivity index (χ0n) is 6.75. The van der Waals surface area contributed by atoms with Crippen molar-refractivity contribution in [3.8, 4) is 0 Å². The Morgan fingerprint density at radius 3 is 2.91 bits per heavy atom. The Bertz CT molecular complexity index is 136. The second-order valence-electron chi connectivity index (χ2n) is 3.26. The standard InChI is InChI=1S/C8H14O3/c1-8(10,6-9)7-3-2-4-11-5-7/h6-7,10H,2-5H2,1H3. The minimum Gasteiger partial charge on any atom is -0.382 e. The molecular weight excluding hydrogens is 144 g/mol. The van der Waals surface area contributed by atoms with Crippen molar-refractivity contribution in [2.75, 3.05) is 13.2 Å². The molecular formula is C8H14O3. The molecule has 1 aliphatic rings. The number of carbonyl (C=O) groups is 1. The molecule has 1 N–H and O–H groups in total. The summed E-state index contributed by atoms with van der Waals surface area (Å²) in [5.74, 6) is -0.0197. The summed E-state index contributed by atoms with van der Waals surface area (Å²) in [6.07, 6.45) is 2.42. The number of carbonyl (C=O) groups excluding carboxylic acids is 1. The van der Waals surface area contributed by atoms with Crippen LogP contribution in [0.2, 0.25) is 0 Å². The van der Waals surface area contributed by atoms with Crippen LogP contribution in [0.15, 0.2) is 0 Å². The van der Waals surface area contributed by atoms with Crippen LogP contribution in [0.1, 0.15) is 19.8 Å². The van der Waals surface area contributed by atoms with E-state index in [4.69, 9.17) is 4.74 Å². The van der Waals surface area contributed by atoms with Crippen molar-refractivity contribution in [1.82, 2.24) is 0 Å². The minimum absolute atomic E-state index is 0.0197. The molecule has 1 saturated heterocycles. The first-order valence-electron chi connectivity index (χ1n) is 3.93. The number of rotatable bonds is 2. The van der Waals surface area contributed by atoms with Gasteiger partial charge in [-0.05, 0) is 19.8 Å². The predicted octanol–water partition coefficient (Wildman–Crippen LogP) is 0.363. The number of aliphatic hydroxyl groups is 1. The van der Waals surface area contributed by atoms with Gasteiger partial charge in [-0.3, -0.25) is 0 Å². The van der Waals surface area contributed by atoms with Gasteiger partial charge in [0.1, 0.15) is 5.60 Å². The Labute approximate surface area is 66.4 Å². The van der Waals surface area contributed by atoms with Crippen molar-refractivity contribution in [1.29, 1.82) is 0 Å². The molecule has 11 heavy (non-hydrogen) atoms. The van der Waals surface area contributed by atoms with Gasteiger partial charge in [-0.25, -0.2) is 0 Å². The molecule has 0 radical (unpaired) electrons. The van der Waals surface area contributed by atoms with Crippen molar-refractivity contribution < 1.29 is 14.6 Å². The third kappa shape index (κ3) is 2.01. The lowest BCUT2D eigenvalue weighted by atomic mass is 9.86. The molecule has 0 aromatic rings. The van der Waals surface area contributed by atoms with Gasteiger partial charge >= 0.3 is 0 Å². The van der Waals surface area contributed by atoms with Gasteiger partial charge in [0, 0.05) is 12.5 Å². The van der Waals surface area contributed by atoms with Crippen LogP contribution >= 0.6 is 0 Å². The first kappa shape index (κ1) is 8.68. The topological polar surface area (TPSA) is 46.5 Å². The highest BCUT2D eigenvalue weighted by Crippen LogP contribution is 2.23. The summed E-state index contributed by atoms with van der Waals surface area (Å²) in [6.45, 7) is 2.80. The minimum atomic E-state index is -1.19. The van der Waals surface area contributed by atoms with E-state index in [0.717, 1.165) is 19.4 Å². The van der Waals surface area contributed by atoms with Crippen LogP contribution in [0.3, 0.4) is 0 Å². The smallest absolute Gasteiger partial charge is 0.151 e. The van der Waals surface area contributed by atoms with Gasteiger partial charge in [-0.15, -0.1) is 0 Å². The molecule has 0 amide bonds. The number of hydrogen-bond donors (Lipinski definition) is 1. The van der Waals surface area contributed by atoms with Crippen LogP contribution in [0, 0.1) is 5.92 Å². The fourth-order valence-electron chi connectivity index (χ4n) is 1.30. The van der Waals surface area contributed by atoms with E-state index in [1.54, 1.807) is 6.92 Å². The van der Waals surface area contributed by atoms with Gasteiger partial charge in [0.2, 0.25) is 0 Å². The van der Waals surface area contributed by atoms with Crippen LogP contribution < -0.4 is 0 Å². The van der Waals surface area contributed by atoms with Crippen LogP contribution in [-0.4, -0.2) is 30.2 Å². The van der Waals surface area contributed by atoms with E-state index in [9.17, 15) is 9.90 Å². The Hall–Kier alpha value is -0.410. The summed E-state index contributed by atoms with van der Waals surface area (Å²) in [5.41, 5.74) is -1.19. The summed E-state index contributed by atoms with van der Waals surface area (Å²) < 4.78 is 5.15. The van der Waals surface area contributed by atoms with Gasteiger partial charge in [0.15, 0.2) is 6.29 Å². The van der Waals surface area contributed by atoms with Gasteiger partial charge < -0.3 is 14.6 Å². The van der Waals surface area contributed by atoms with Crippen LogP contribution in [0.5, 0.6) is 0 Å². The average Bonchev–Trinajstić information content (AvgIpc) is 2.06. The molecule has 64 valence electrons. The van der Waals surface area contributed by atoms with Gasteiger partial charge in [-0.1, -0.05) is 0 Å². The van der Waals surface area contributed by atoms with E-state index in [1.807, 2.05) is 0 Å². The maximum absolute atomic E-state index is 10.4. The first-order valence-corrected chi connectivity index (χ1v) is 3.93. The monoisotopic (exact) mass is 158 g/mol. The van der Waals surface area contributed by atoms with Crippen LogP contribution in [0.25, 0.3) is 0 Å². The van der Waals surface area contributed by atoms with Crippen LogP contribution in [0.4, 0.5) is 0 Å². The van der Waals surface area contributed by atoms with Crippen molar-refractivity contribution in [3.63, 3.8) is 0 Å². The third-order valence-corrected chi connectivity index (χ3v) is 2.23. The molecule has 3 heteroatoms. The number of hydrogen-bond acceptors (Lipinski definition) is 3. The molecule has 0 spiro atoms. The van der Waals surface area contributed by atoms with Gasteiger partial charge in [0.25, 0.3) is 0 Å². The second-order valence-corrected chi connectivity index (χ2v) is 3.26. The van der Waals surface area contributed by atoms with E-state index in [1.165, 1.54) is 0 Å². The quantitative estimate of drug-likeness (QED) is 0.590. The predicted molar refractivity (Wildman–Crippen MR) is 40.2 cm³/mol. The Morgan fingerprint density at radius 2 is 2.45 bits per heavy atom. The van der Waals surface area contributed by atoms with E-state index < -0.39 is 5.60 Å². The molecule has 2 unspecified atom stereocenters. The summed E-state index contributed by atoms with van der Waals surface area (Å²) in [7, 11) is 0. The normalized spacial score (nSPS) is 30.9. The van der Waals surface area contributed by atoms with Crippen molar-refractivity contribution in [2.24, 2.45) is 5.92 Å². The van der Waals surface area contributed by atoms with Crippen LogP contribution in [-0.2, 0) is 9.53 Å². The molecule has 0 saturated carbocycles.